The van der Waals surface area contributed by atoms with Gasteiger partial charge >= 0.3 is 28.6 Å². The van der Waals surface area contributed by atoms with Crippen molar-refractivity contribution in [2.24, 2.45) is 10.6 Å². The Morgan fingerprint density at radius 3 is 1.74 bits per heavy atom. The predicted molar refractivity (Wildman–Crippen MR) is 114 cm³/mol. The van der Waals surface area contributed by atoms with Crippen molar-refractivity contribution in [2.45, 2.75) is 56.7 Å². The molecule has 16 heteroatoms. The number of hydrogen-bond acceptors (Lipinski definition) is 6. The van der Waals surface area contributed by atoms with Crippen LogP contribution in [0.3, 0.4) is 0 Å². The number of oxime groups is 1. The molecule has 0 saturated heterocycles. The molecule has 0 radical (unpaired) electrons. The molecule has 0 amide bonds. The van der Waals surface area contributed by atoms with E-state index in [0.717, 1.165) is 24.3 Å². The van der Waals surface area contributed by atoms with Crippen LogP contribution >= 0.6 is 0 Å². The molecule has 1 unspecified atom stereocenters. The minimum Gasteiger partial charge on any atom is -0.264 e. The van der Waals surface area contributed by atoms with E-state index >= 15 is 0 Å². The Balaban J connectivity index is 2.54. The normalized spacial score (nSPS) is 14.9. The summed E-state index contributed by atoms with van der Waals surface area (Å²) in [5.74, 6) is 0. The minimum atomic E-state index is -5.68. The highest BCUT2D eigenvalue weighted by molar-refractivity contribution is 7.86. The maximum absolute atomic E-state index is 13.6. The summed E-state index contributed by atoms with van der Waals surface area (Å²) in [5.41, 5.74) is -7.19. The van der Waals surface area contributed by atoms with Gasteiger partial charge in [-0.25, -0.2) is 4.89 Å². The first-order chi connectivity index (χ1) is 17.1. The summed E-state index contributed by atoms with van der Waals surface area (Å²) in [6.45, 7) is 5.19. The SMILES string of the molecule is CCC(C)(C)C(OO)c1ccc(C(=NOS(=O)(=O)c2cc(C(F)(F)F)cc(C(F)(F)F)c2)C(F)(F)F)cc1. The lowest BCUT2D eigenvalue weighted by molar-refractivity contribution is -0.305. The maximum atomic E-state index is 13.6. The van der Waals surface area contributed by atoms with Crippen molar-refractivity contribution >= 4 is 15.8 Å². The summed E-state index contributed by atoms with van der Waals surface area (Å²) in [4.78, 5) is 2.73. The molecule has 6 nitrogen and oxygen atoms in total. The molecule has 0 aliphatic rings. The topological polar surface area (TPSA) is 85.2 Å². The Hall–Kier alpha value is -2.85. The number of alkyl halides is 9. The molecule has 0 aliphatic carbocycles. The Morgan fingerprint density at radius 2 is 1.37 bits per heavy atom. The van der Waals surface area contributed by atoms with E-state index in [-0.39, 0.29) is 23.8 Å². The Morgan fingerprint density at radius 1 is 0.895 bits per heavy atom. The van der Waals surface area contributed by atoms with Crippen LogP contribution in [0.1, 0.15) is 55.5 Å². The molecule has 0 spiro atoms. The molecule has 1 atom stereocenters. The van der Waals surface area contributed by atoms with E-state index < -0.39 is 67.5 Å². The van der Waals surface area contributed by atoms with E-state index in [9.17, 15) is 53.2 Å². The van der Waals surface area contributed by atoms with Gasteiger partial charge < -0.3 is 0 Å². The van der Waals surface area contributed by atoms with E-state index in [4.69, 9.17) is 0 Å². The van der Waals surface area contributed by atoms with Gasteiger partial charge in [0.25, 0.3) is 0 Å². The summed E-state index contributed by atoms with van der Waals surface area (Å²) in [6.07, 6.45) is -16.7. The molecule has 0 fully saturated rings. The first-order valence-electron chi connectivity index (χ1n) is 10.4. The molecule has 1 N–H and O–H groups in total. The zero-order chi connectivity index (χ0) is 29.3. The largest absolute Gasteiger partial charge is 0.437 e. The second-order valence-corrected chi connectivity index (χ2v) is 10.2. The van der Waals surface area contributed by atoms with Gasteiger partial charge in [0.15, 0.2) is 5.71 Å². The van der Waals surface area contributed by atoms with Crippen LogP contribution in [0, 0.1) is 5.41 Å². The summed E-state index contributed by atoms with van der Waals surface area (Å²) >= 11 is 0. The lowest BCUT2D eigenvalue weighted by Gasteiger charge is -2.31. The molecule has 0 saturated carbocycles. The summed E-state index contributed by atoms with van der Waals surface area (Å²) in [6, 6.07) is 3.08. The second kappa shape index (κ2) is 10.7. The molecule has 0 aliphatic heterocycles. The average Bonchev–Trinajstić information content (AvgIpc) is 2.78. The predicted octanol–water partition coefficient (Wildman–Crippen LogP) is 7.36. The molecular formula is C22H20F9NO5S. The molecule has 38 heavy (non-hydrogen) atoms. The van der Waals surface area contributed by atoms with E-state index in [1.165, 1.54) is 0 Å². The molecule has 2 aromatic carbocycles. The van der Waals surface area contributed by atoms with Crippen LogP contribution in [0.5, 0.6) is 0 Å². The van der Waals surface area contributed by atoms with Gasteiger partial charge in [0.1, 0.15) is 11.0 Å². The van der Waals surface area contributed by atoms with E-state index in [0.29, 0.717) is 6.42 Å². The number of halogens is 9. The van der Waals surface area contributed by atoms with Gasteiger partial charge in [0.2, 0.25) is 0 Å². The van der Waals surface area contributed by atoms with Gasteiger partial charge in [-0.05, 0) is 35.6 Å². The third-order valence-corrected chi connectivity index (χ3v) is 6.64. The third kappa shape index (κ3) is 7.38. The summed E-state index contributed by atoms with van der Waals surface area (Å²) < 4.78 is 148. The molecular weight excluding hydrogens is 561 g/mol. The zero-order valence-corrected chi connectivity index (χ0v) is 20.5. The van der Waals surface area contributed by atoms with Crippen LogP contribution < -0.4 is 0 Å². The lowest BCUT2D eigenvalue weighted by Crippen LogP contribution is -2.26. The van der Waals surface area contributed by atoms with Gasteiger partial charge in [0, 0.05) is 5.56 Å². The lowest BCUT2D eigenvalue weighted by atomic mass is 9.80. The van der Waals surface area contributed by atoms with Crippen molar-refractivity contribution in [1.29, 1.82) is 0 Å². The van der Waals surface area contributed by atoms with Gasteiger partial charge in [-0.1, -0.05) is 50.2 Å². The smallest absolute Gasteiger partial charge is 0.264 e. The van der Waals surface area contributed by atoms with Crippen LogP contribution in [-0.2, 0) is 31.6 Å². The molecule has 0 bridgehead atoms. The van der Waals surface area contributed by atoms with Crippen LogP contribution in [0.15, 0.2) is 52.5 Å². The van der Waals surface area contributed by atoms with Crippen LogP contribution in [0.2, 0.25) is 0 Å². The maximum Gasteiger partial charge on any atom is 0.437 e. The average molecular weight is 581 g/mol. The Bertz CT molecular complexity index is 1230. The van der Waals surface area contributed by atoms with Crippen molar-refractivity contribution in [3.8, 4) is 0 Å². The first kappa shape index (κ1) is 31.4. The van der Waals surface area contributed by atoms with Crippen LogP contribution in [0.25, 0.3) is 0 Å². The van der Waals surface area contributed by atoms with Crippen molar-refractivity contribution in [2.75, 3.05) is 0 Å². The highest BCUT2D eigenvalue weighted by Crippen LogP contribution is 2.40. The fourth-order valence-corrected chi connectivity index (χ4v) is 3.93. The zero-order valence-electron chi connectivity index (χ0n) is 19.7. The number of rotatable bonds is 8. The van der Waals surface area contributed by atoms with Gasteiger partial charge in [-0.15, -0.1) is 0 Å². The third-order valence-electron chi connectivity index (χ3n) is 5.56. The monoisotopic (exact) mass is 581 g/mol. The highest BCUT2D eigenvalue weighted by atomic mass is 32.2. The number of benzene rings is 2. The van der Waals surface area contributed by atoms with Crippen molar-refractivity contribution < 1.29 is 62.4 Å². The number of hydrogen-bond donors (Lipinski definition) is 1. The molecule has 212 valence electrons. The molecule has 2 rings (SSSR count). The molecule has 0 aromatic heterocycles. The number of nitrogens with zero attached hydrogens (tertiary/aromatic N) is 1. The van der Waals surface area contributed by atoms with Crippen molar-refractivity contribution in [3.05, 3.63) is 64.7 Å². The van der Waals surface area contributed by atoms with Crippen molar-refractivity contribution in [1.82, 2.24) is 0 Å². The molecule has 0 heterocycles. The van der Waals surface area contributed by atoms with E-state index in [2.05, 4.69) is 14.3 Å². The fourth-order valence-electron chi connectivity index (χ4n) is 3.12. The van der Waals surface area contributed by atoms with Crippen LogP contribution in [0.4, 0.5) is 39.5 Å². The standard InChI is InChI=1S/C22H20F9NO5S/c1-4-19(2,3)18(36-33)13-7-5-12(6-8-13)17(22(29,30)31)32-37-38(34,35)16-10-14(20(23,24)25)9-15(11-16)21(26,27)28/h5-11,18,33H,4H2,1-3H3. The van der Waals surface area contributed by atoms with Gasteiger partial charge in [-0.2, -0.15) is 47.9 Å². The molecule has 2 aromatic rings. The highest BCUT2D eigenvalue weighted by Gasteiger charge is 2.41. The van der Waals surface area contributed by atoms with E-state index in [1.54, 1.807) is 20.8 Å². The summed E-state index contributed by atoms with van der Waals surface area (Å²) in [5, 5.41) is 11.8. The second-order valence-electron chi connectivity index (χ2n) is 8.66. The first-order valence-corrected chi connectivity index (χ1v) is 11.8. The van der Waals surface area contributed by atoms with E-state index in [1.807, 2.05) is 0 Å². The summed E-state index contributed by atoms with van der Waals surface area (Å²) in [7, 11) is -5.68. The Labute approximate surface area is 210 Å². The van der Waals surface area contributed by atoms with Gasteiger partial charge in [0.05, 0.1) is 11.1 Å². The fraction of sp³-hybridized carbons (Fsp3) is 0.409. The Kier molecular flexibility index (Phi) is 8.85. The van der Waals surface area contributed by atoms with Gasteiger partial charge in [-0.3, -0.25) is 9.54 Å². The van der Waals surface area contributed by atoms with Crippen molar-refractivity contribution in [3.63, 3.8) is 0 Å². The minimum absolute atomic E-state index is 0.230. The quantitative estimate of drug-likeness (QED) is 0.152. The van der Waals surface area contributed by atoms with Crippen LogP contribution in [-0.4, -0.2) is 25.6 Å².